The largest absolute Gasteiger partial charge is 0.480 e. The summed E-state index contributed by atoms with van der Waals surface area (Å²) in [5.74, 6) is -3.08. The smallest absolute Gasteiger partial charge is 0.328 e. The Hall–Kier alpha value is -4.68. The van der Waals surface area contributed by atoms with Crippen LogP contribution in [0.5, 0.6) is 0 Å². The fraction of sp³-hybridized carbons (Fsp3) is 0.333. The zero-order valence-corrected chi connectivity index (χ0v) is 22.9. The number of carboxylic acids is 1. The van der Waals surface area contributed by atoms with Crippen LogP contribution in [0.2, 0.25) is 0 Å². The van der Waals surface area contributed by atoms with Crippen molar-refractivity contribution in [3.63, 3.8) is 0 Å². The number of benzene rings is 2. The first-order valence-electron chi connectivity index (χ1n) is 13.9. The minimum Gasteiger partial charge on any atom is -0.480 e. The molecule has 12 nitrogen and oxygen atoms in total. The first kappa shape index (κ1) is 28.8. The van der Waals surface area contributed by atoms with E-state index in [1.165, 1.54) is 0 Å². The van der Waals surface area contributed by atoms with E-state index in [2.05, 4.69) is 31.2 Å². The number of aromatic nitrogens is 2. The van der Waals surface area contributed by atoms with Crippen LogP contribution in [0.1, 0.15) is 24.0 Å². The van der Waals surface area contributed by atoms with E-state index in [0.717, 1.165) is 39.4 Å². The van der Waals surface area contributed by atoms with Crippen molar-refractivity contribution in [3.05, 3.63) is 72.1 Å². The van der Waals surface area contributed by atoms with E-state index in [4.69, 9.17) is 0 Å². The molecule has 0 radical (unpaired) electrons. The molecule has 3 heterocycles. The topological polar surface area (TPSA) is 188 Å². The van der Waals surface area contributed by atoms with Crippen molar-refractivity contribution in [1.29, 1.82) is 0 Å². The van der Waals surface area contributed by atoms with Gasteiger partial charge >= 0.3 is 5.97 Å². The van der Waals surface area contributed by atoms with Gasteiger partial charge in [0.15, 0.2) is 0 Å². The highest BCUT2D eigenvalue weighted by Gasteiger charge is 2.32. The maximum absolute atomic E-state index is 13.8. The number of aromatic amines is 2. The SMILES string of the molecule is O=C(O)C(CO)NC(=O)C(Cc1c[nH]c2ccccc12)NC(=O)C(Cc1c[nH]c2ccccc12)NC(=O)C1CCCN1. The first-order valence-corrected chi connectivity index (χ1v) is 13.9. The number of carbonyl (C=O) groups is 4. The van der Waals surface area contributed by atoms with E-state index in [1.54, 1.807) is 12.4 Å². The van der Waals surface area contributed by atoms with Crippen LogP contribution in [0.15, 0.2) is 60.9 Å². The Kier molecular flexibility index (Phi) is 8.84. The van der Waals surface area contributed by atoms with Crippen molar-refractivity contribution in [1.82, 2.24) is 31.2 Å². The lowest BCUT2D eigenvalue weighted by Crippen LogP contribution is -2.58. The minimum atomic E-state index is -1.55. The van der Waals surface area contributed by atoms with Gasteiger partial charge in [-0.3, -0.25) is 14.4 Å². The first-order chi connectivity index (χ1) is 20.3. The summed E-state index contributed by atoms with van der Waals surface area (Å²) in [7, 11) is 0. The van der Waals surface area contributed by atoms with Crippen LogP contribution in [0.4, 0.5) is 0 Å². The predicted molar refractivity (Wildman–Crippen MR) is 156 cm³/mol. The van der Waals surface area contributed by atoms with Gasteiger partial charge in [-0.25, -0.2) is 4.79 Å². The number of fused-ring (bicyclic) bond motifs is 2. The molecule has 4 atom stereocenters. The number of carboxylic acid groups (broad SMARTS) is 1. The standard InChI is InChI=1S/C30H34N6O6/c37-16-26(30(41)42)36-29(40)25(13-18-15-33-22-9-4-2-7-20(18)22)35-28(39)24(34-27(38)23-10-5-11-31-23)12-17-14-32-21-8-3-1-6-19(17)21/h1-4,6-9,14-15,23-26,31-33,37H,5,10-13,16H2,(H,34,38)(H,35,39)(H,36,40)(H,41,42). The molecule has 42 heavy (non-hydrogen) atoms. The number of H-pyrrole nitrogens is 2. The lowest BCUT2D eigenvalue weighted by atomic mass is 10.0. The average molecular weight is 575 g/mol. The van der Waals surface area contributed by atoms with Crippen molar-refractivity contribution in [2.45, 2.75) is 49.9 Å². The Morgan fingerprint density at radius 1 is 0.786 bits per heavy atom. The minimum absolute atomic E-state index is 0.0390. The number of para-hydroxylation sites is 2. The Morgan fingerprint density at radius 3 is 1.81 bits per heavy atom. The molecular weight excluding hydrogens is 540 g/mol. The van der Waals surface area contributed by atoms with Gasteiger partial charge in [0.1, 0.15) is 18.1 Å². The number of amides is 3. The number of carbonyl (C=O) groups excluding carboxylic acids is 3. The second kappa shape index (κ2) is 12.9. The summed E-state index contributed by atoms with van der Waals surface area (Å²) in [6, 6.07) is 10.9. The second-order valence-electron chi connectivity index (χ2n) is 10.5. The van der Waals surface area contributed by atoms with E-state index in [0.29, 0.717) is 13.0 Å². The maximum Gasteiger partial charge on any atom is 0.328 e. The fourth-order valence-corrected chi connectivity index (χ4v) is 5.37. The van der Waals surface area contributed by atoms with Gasteiger partial charge in [-0.2, -0.15) is 0 Å². The molecule has 1 aliphatic rings. The lowest BCUT2D eigenvalue weighted by Gasteiger charge is -2.25. The molecule has 0 aliphatic carbocycles. The Bertz CT molecular complexity index is 1590. The molecule has 4 unspecified atom stereocenters. The summed E-state index contributed by atoms with van der Waals surface area (Å²) in [5.41, 5.74) is 3.27. The fourth-order valence-electron chi connectivity index (χ4n) is 5.37. The van der Waals surface area contributed by atoms with Crippen molar-refractivity contribution in [2.75, 3.05) is 13.2 Å². The quantitative estimate of drug-likeness (QED) is 0.122. The molecule has 4 aromatic rings. The monoisotopic (exact) mass is 574 g/mol. The van der Waals surface area contributed by atoms with Crippen LogP contribution < -0.4 is 21.3 Å². The highest BCUT2D eigenvalue weighted by molar-refractivity contribution is 5.95. The molecule has 2 aromatic heterocycles. The Morgan fingerprint density at radius 2 is 1.31 bits per heavy atom. The number of nitrogens with one attached hydrogen (secondary N) is 6. The van der Waals surface area contributed by atoms with Crippen LogP contribution >= 0.6 is 0 Å². The van der Waals surface area contributed by atoms with Crippen molar-refractivity contribution in [2.24, 2.45) is 0 Å². The summed E-state index contributed by atoms with van der Waals surface area (Å²) in [6.45, 7) is -0.109. The summed E-state index contributed by atoms with van der Waals surface area (Å²) in [6.07, 6.45) is 5.21. The third kappa shape index (κ3) is 6.45. The third-order valence-electron chi connectivity index (χ3n) is 7.64. The average Bonchev–Trinajstić information content (AvgIpc) is 3.76. The number of aliphatic hydroxyl groups is 1. The van der Waals surface area contributed by atoms with Gasteiger partial charge in [0.2, 0.25) is 17.7 Å². The van der Waals surface area contributed by atoms with Gasteiger partial charge in [0.05, 0.1) is 12.6 Å². The number of hydrogen-bond donors (Lipinski definition) is 8. The summed E-state index contributed by atoms with van der Waals surface area (Å²) in [4.78, 5) is 58.1. The van der Waals surface area contributed by atoms with Crippen LogP contribution in [-0.2, 0) is 32.0 Å². The third-order valence-corrected chi connectivity index (χ3v) is 7.64. The van der Waals surface area contributed by atoms with Crippen LogP contribution in [0.3, 0.4) is 0 Å². The normalized spacial score (nSPS) is 17.0. The van der Waals surface area contributed by atoms with Crippen molar-refractivity contribution < 1.29 is 29.4 Å². The molecule has 220 valence electrons. The highest BCUT2D eigenvalue weighted by atomic mass is 16.4. The number of hydrogen-bond acceptors (Lipinski definition) is 6. The van der Waals surface area contributed by atoms with Crippen LogP contribution in [0, 0.1) is 0 Å². The van der Waals surface area contributed by atoms with E-state index < -0.39 is 48.6 Å². The molecule has 12 heteroatoms. The summed E-state index contributed by atoms with van der Waals surface area (Å²) < 4.78 is 0. The molecule has 0 bridgehead atoms. The molecule has 2 aromatic carbocycles. The zero-order chi connectivity index (χ0) is 29.6. The van der Waals surface area contributed by atoms with Crippen molar-refractivity contribution in [3.8, 4) is 0 Å². The molecule has 1 saturated heterocycles. The Balaban J connectivity index is 1.42. The van der Waals surface area contributed by atoms with E-state index in [-0.39, 0.29) is 18.7 Å². The highest BCUT2D eigenvalue weighted by Crippen LogP contribution is 2.21. The molecular formula is C30H34N6O6. The van der Waals surface area contributed by atoms with E-state index in [9.17, 15) is 29.4 Å². The molecule has 8 N–H and O–H groups in total. The molecule has 0 spiro atoms. The zero-order valence-electron chi connectivity index (χ0n) is 22.9. The molecule has 3 amide bonds. The van der Waals surface area contributed by atoms with E-state index in [1.807, 2.05) is 48.5 Å². The summed E-state index contributed by atoms with van der Waals surface area (Å²) in [5, 5.41) is 31.7. The maximum atomic E-state index is 13.8. The van der Waals surface area contributed by atoms with Gasteiger partial charge < -0.3 is 41.4 Å². The Labute approximate surface area is 241 Å². The van der Waals surface area contributed by atoms with Gasteiger partial charge in [-0.05, 0) is 42.6 Å². The second-order valence-corrected chi connectivity index (χ2v) is 10.5. The predicted octanol–water partition coefficient (Wildman–Crippen LogP) is 0.718. The summed E-state index contributed by atoms with van der Waals surface area (Å²) >= 11 is 0. The number of rotatable bonds is 12. The van der Waals surface area contributed by atoms with Gasteiger partial charge in [0, 0.05) is 47.0 Å². The van der Waals surface area contributed by atoms with Gasteiger partial charge in [0.25, 0.3) is 0 Å². The lowest BCUT2D eigenvalue weighted by molar-refractivity contribution is -0.143. The van der Waals surface area contributed by atoms with Crippen molar-refractivity contribution >= 4 is 45.5 Å². The van der Waals surface area contributed by atoms with Gasteiger partial charge in [-0.1, -0.05) is 36.4 Å². The van der Waals surface area contributed by atoms with E-state index >= 15 is 0 Å². The molecule has 0 saturated carbocycles. The molecule has 5 rings (SSSR count). The number of aliphatic carboxylic acids is 1. The van der Waals surface area contributed by atoms with Gasteiger partial charge in [-0.15, -0.1) is 0 Å². The molecule has 1 fully saturated rings. The number of aliphatic hydroxyl groups excluding tert-OH is 1. The van der Waals surface area contributed by atoms with Crippen LogP contribution in [0.25, 0.3) is 21.8 Å². The molecule has 1 aliphatic heterocycles. The van der Waals surface area contributed by atoms with Crippen LogP contribution in [-0.4, -0.2) is 81.2 Å².